The van der Waals surface area contributed by atoms with E-state index in [1.54, 1.807) is 0 Å². The van der Waals surface area contributed by atoms with Crippen LogP contribution in [0.25, 0.3) is 0 Å². The topological polar surface area (TPSA) is 205 Å². The Balaban J connectivity index is 2.03. The molecule has 12 heteroatoms. The quantitative estimate of drug-likeness (QED) is 0.154. The van der Waals surface area contributed by atoms with Gasteiger partial charge in [0.1, 0.15) is 18.1 Å². The summed E-state index contributed by atoms with van der Waals surface area (Å²) < 4.78 is 0. The summed E-state index contributed by atoms with van der Waals surface area (Å²) in [5.74, 6) is -2.98. The van der Waals surface area contributed by atoms with E-state index < -0.39 is 47.9 Å². The zero-order chi connectivity index (χ0) is 26.5. The molecule has 1 aromatic heterocycles. The maximum Gasteiger partial charge on any atom is 0.326 e. The Labute approximate surface area is 209 Å². The normalized spacial score (nSPS) is 14.2. The predicted molar refractivity (Wildman–Crippen MR) is 132 cm³/mol. The lowest BCUT2D eigenvalue weighted by atomic mass is 10.0. The smallest absolute Gasteiger partial charge is 0.326 e. The van der Waals surface area contributed by atoms with Crippen LogP contribution in [-0.4, -0.2) is 69.5 Å². The fourth-order valence-corrected chi connectivity index (χ4v) is 3.47. The number of aliphatic carboxylic acids is 1. The number of carbonyl (C=O) groups is 4. The lowest BCUT2D eigenvalue weighted by Crippen LogP contribution is -2.57. The van der Waals surface area contributed by atoms with Gasteiger partial charge in [-0.05, 0) is 31.9 Å². The molecule has 0 aliphatic heterocycles. The van der Waals surface area contributed by atoms with Crippen molar-refractivity contribution in [3.8, 4) is 0 Å². The predicted octanol–water partition coefficient (Wildman–Crippen LogP) is -0.790. The second kappa shape index (κ2) is 14.6. The number of aromatic amines is 1. The molecule has 3 amide bonds. The minimum atomic E-state index is -1.23. The molecule has 0 bridgehead atoms. The highest BCUT2D eigenvalue weighted by atomic mass is 16.4. The van der Waals surface area contributed by atoms with Crippen LogP contribution in [0.5, 0.6) is 0 Å². The van der Waals surface area contributed by atoms with Crippen LogP contribution in [0.1, 0.15) is 37.4 Å². The van der Waals surface area contributed by atoms with Crippen molar-refractivity contribution in [1.82, 2.24) is 25.9 Å². The summed E-state index contributed by atoms with van der Waals surface area (Å²) in [6.07, 6.45) is 4.89. The Morgan fingerprint density at radius 2 is 1.67 bits per heavy atom. The van der Waals surface area contributed by atoms with Gasteiger partial charge in [0.05, 0.1) is 12.4 Å². The summed E-state index contributed by atoms with van der Waals surface area (Å²) in [6.45, 7) is 1.93. The lowest BCUT2D eigenvalue weighted by Gasteiger charge is -2.23. The van der Waals surface area contributed by atoms with Gasteiger partial charge in [-0.1, -0.05) is 36.8 Å². The summed E-state index contributed by atoms with van der Waals surface area (Å²) in [6, 6.07) is 5.02. The van der Waals surface area contributed by atoms with Gasteiger partial charge in [0, 0.05) is 24.7 Å². The fraction of sp³-hybridized carbons (Fsp3) is 0.458. The van der Waals surface area contributed by atoms with E-state index in [0.717, 1.165) is 12.0 Å². The van der Waals surface area contributed by atoms with Gasteiger partial charge in [-0.25, -0.2) is 9.78 Å². The second-order valence-corrected chi connectivity index (χ2v) is 8.55. The molecule has 2 aromatic rings. The molecular formula is C24H35N7O5. The number of imidazole rings is 1. The Morgan fingerprint density at radius 1 is 0.972 bits per heavy atom. The number of nitrogens with one attached hydrogen (secondary N) is 4. The number of carboxylic acid groups (broad SMARTS) is 1. The van der Waals surface area contributed by atoms with Crippen LogP contribution in [0.3, 0.4) is 0 Å². The molecule has 0 aliphatic rings. The van der Waals surface area contributed by atoms with Crippen LogP contribution in [0.2, 0.25) is 0 Å². The minimum Gasteiger partial charge on any atom is -0.480 e. The molecular weight excluding hydrogens is 466 g/mol. The number of hydrogen-bond donors (Lipinski definition) is 7. The number of rotatable bonds is 15. The van der Waals surface area contributed by atoms with Crippen molar-refractivity contribution < 1.29 is 24.3 Å². The Kier molecular flexibility index (Phi) is 11.5. The average Bonchev–Trinajstić information content (AvgIpc) is 3.36. The number of H-pyrrole nitrogens is 1. The molecule has 196 valence electrons. The maximum atomic E-state index is 13.1. The van der Waals surface area contributed by atoms with Gasteiger partial charge in [0.15, 0.2) is 0 Å². The molecule has 1 aromatic carbocycles. The number of nitrogens with zero attached hydrogens (tertiary/aromatic N) is 1. The summed E-state index contributed by atoms with van der Waals surface area (Å²) in [4.78, 5) is 56.6. The van der Waals surface area contributed by atoms with Crippen LogP contribution in [0.4, 0.5) is 0 Å². The molecule has 1 heterocycles. The largest absolute Gasteiger partial charge is 0.480 e. The van der Waals surface area contributed by atoms with Gasteiger partial charge in [-0.15, -0.1) is 0 Å². The second-order valence-electron chi connectivity index (χ2n) is 8.55. The Bertz CT molecular complexity index is 984. The van der Waals surface area contributed by atoms with Gasteiger partial charge in [0.2, 0.25) is 17.7 Å². The number of benzene rings is 1. The Hall–Kier alpha value is -3.77. The van der Waals surface area contributed by atoms with Crippen molar-refractivity contribution in [2.45, 2.75) is 63.2 Å². The Morgan fingerprint density at radius 3 is 2.28 bits per heavy atom. The lowest BCUT2D eigenvalue weighted by molar-refractivity contribution is -0.142. The van der Waals surface area contributed by atoms with Gasteiger partial charge in [-0.3, -0.25) is 14.4 Å². The number of aromatic nitrogens is 2. The molecule has 0 saturated carbocycles. The third-order valence-corrected chi connectivity index (χ3v) is 5.57. The molecule has 12 nitrogen and oxygen atoms in total. The first-order chi connectivity index (χ1) is 17.2. The highest BCUT2D eigenvalue weighted by molar-refractivity contribution is 5.94. The third kappa shape index (κ3) is 9.47. The molecule has 0 aliphatic carbocycles. The zero-order valence-electron chi connectivity index (χ0n) is 20.3. The van der Waals surface area contributed by atoms with Crippen molar-refractivity contribution in [3.63, 3.8) is 0 Å². The van der Waals surface area contributed by atoms with E-state index in [0.29, 0.717) is 25.1 Å². The van der Waals surface area contributed by atoms with E-state index >= 15 is 0 Å². The zero-order valence-corrected chi connectivity index (χ0v) is 20.3. The van der Waals surface area contributed by atoms with Gasteiger partial charge < -0.3 is 37.5 Å². The monoisotopic (exact) mass is 501 g/mol. The number of hydrogen-bond acceptors (Lipinski definition) is 7. The number of carbonyl (C=O) groups excluding carboxylic acids is 3. The number of unbranched alkanes of at least 4 members (excludes halogenated alkanes) is 1. The molecule has 0 spiro atoms. The first kappa shape index (κ1) is 28.5. The molecule has 4 atom stereocenters. The van der Waals surface area contributed by atoms with Crippen LogP contribution in [0, 0.1) is 0 Å². The van der Waals surface area contributed by atoms with Crippen molar-refractivity contribution in [2.24, 2.45) is 11.5 Å². The van der Waals surface area contributed by atoms with Crippen LogP contribution in [-0.2, 0) is 32.0 Å². The summed E-state index contributed by atoms with van der Waals surface area (Å²) >= 11 is 0. The molecule has 0 radical (unpaired) electrons. The summed E-state index contributed by atoms with van der Waals surface area (Å²) in [5, 5.41) is 17.1. The van der Waals surface area contributed by atoms with Crippen molar-refractivity contribution >= 4 is 23.7 Å². The maximum absolute atomic E-state index is 13.1. The van der Waals surface area contributed by atoms with Crippen LogP contribution < -0.4 is 27.4 Å². The highest BCUT2D eigenvalue weighted by Crippen LogP contribution is 2.06. The van der Waals surface area contributed by atoms with E-state index in [9.17, 15) is 24.3 Å². The van der Waals surface area contributed by atoms with E-state index in [1.165, 1.54) is 19.4 Å². The standard InChI is InChI=1S/C24H35N7O5/c1-15(21(32)31-20(24(35)36)12-17-13-27-14-28-17)29-23(34)19(11-16-7-3-2-4-8-16)30-22(33)18(26)9-5-6-10-25/h2-4,7-8,13-15,18-20H,5-6,9-12,25-26H2,1H3,(H,27,28)(H,29,34)(H,30,33)(H,31,32)(H,35,36). The first-order valence-corrected chi connectivity index (χ1v) is 11.8. The van der Waals surface area contributed by atoms with Crippen molar-refractivity contribution in [1.29, 1.82) is 0 Å². The number of nitrogens with two attached hydrogens (primary N) is 2. The average molecular weight is 502 g/mol. The number of carboxylic acids is 1. The van der Waals surface area contributed by atoms with Gasteiger partial charge in [0.25, 0.3) is 0 Å². The molecule has 0 fully saturated rings. The van der Waals surface area contributed by atoms with Gasteiger partial charge in [-0.2, -0.15) is 0 Å². The van der Waals surface area contributed by atoms with Crippen LogP contribution >= 0.6 is 0 Å². The first-order valence-electron chi connectivity index (χ1n) is 11.8. The van der Waals surface area contributed by atoms with E-state index in [1.807, 2.05) is 30.3 Å². The SMILES string of the molecule is CC(NC(=O)C(Cc1ccccc1)NC(=O)C(N)CCCCN)C(=O)NC(Cc1cnc[nH]1)C(=O)O. The van der Waals surface area contributed by atoms with Crippen LogP contribution in [0.15, 0.2) is 42.9 Å². The molecule has 0 saturated heterocycles. The third-order valence-electron chi connectivity index (χ3n) is 5.57. The molecule has 4 unspecified atom stereocenters. The van der Waals surface area contributed by atoms with Crippen molar-refractivity contribution in [3.05, 3.63) is 54.1 Å². The van der Waals surface area contributed by atoms with Crippen molar-refractivity contribution in [2.75, 3.05) is 6.54 Å². The fourth-order valence-electron chi connectivity index (χ4n) is 3.47. The molecule has 2 rings (SSSR count). The van der Waals surface area contributed by atoms with Gasteiger partial charge >= 0.3 is 5.97 Å². The number of amides is 3. The molecule has 9 N–H and O–H groups in total. The minimum absolute atomic E-state index is 0.00350. The molecule has 36 heavy (non-hydrogen) atoms. The summed E-state index contributed by atoms with van der Waals surface area (Å²) in [5.41, 5.74) is 12.8. The van der Waals surface area contributed by atoms with E-state index in [4.69, 9.17) is 11.5 Å². The van der Waals surface area contributed by atoms with E-state index in [2.05, 4.69) is 25.9 Å². The summed E-state index contributed by atoms with van der Waals surface area (Å²) in [7, 11) is 0. The highest BCUT2D eigenvalue weighted by Gasteiger charge is 2.28. The van der Waals surface area contributed by atoms with E-state index in [-0.39, 0.29) is 12.8 Å².